The highest BCUT2D eigenvalue weighted by molar-refractivity contribution is 7.78. The van der Waals surface area contributed by atoms with Crippen molar-refractivity contribution in [2.24, 2.45) is 23.7 Å². The van der Waals surface area contributed by atoms with Crippen LogP contribution in [-0.4, -0.2) is 11.7 Å². The van der Waals surface area contributed by atoms with Crippen molar-refractivity contribution in [3.05, 3.63) is 0 Å². The number of rotatable bonds is 2. The summed E-state index contributed by atoms with van der Waals surface area (Å²) in [7, 11) is 0. The number of thiocarbonyl (C=S) groups is 1. The van der Waals surface area contributed by atoms with Crippen LogP contribution in [0.3, 0.4) is 0 Å². The Morgan fingerprint density at radius 3 is 2.77 bits per heavy atom. The summed E-state index contributed by atoms with van der Waals surface area (Å²) in [4.78, 5) is 0. The van der Waals surface area contributed by atoms with Crippen LogP contribution in [0.25, 0.3) is 0 Å². The third-order valence-electron chi connectivity index (χ3n) is 4.60. The predicted molar refractivity (Wildman–Crippen MR) is 55.6 cm³/mol. The van der Waals surface area contributed by atoms with E-state index < -0.39 is 0 Å². The molecule has 0 saturated heterocycles. The average molecular weight is 196 g/mol. The third kappa shape index (κ3) is 1.08. The zero-order valence-corrected chi connectivity index (χ0v) is 8.63. The largest absolute Gasteiger partial charge is 0.486 e. The van der Waals surface area contributed by atoms with E-state index in [-0.39, 0.29) is 0 Å². The first-order valence-corrected chi connectivity index (χ1v) is 5.96. The normalized spacial score (nSPS) is 52.2. The van der Waals surface area contributed by atoms with Gasteiger partial charge in [-0.05, 0) is 61.6 Å². The van der Waals surface area contributed by atoms with Crippen LogP contribution in [0.5, 0.6) is 0 Å². The summed E-state index contributed by atoms with van der Waals surface area (Å²) in [6, 6.07) is 0. The summed E-state index contributed by atoms with van der Waals surface area (Å²) in [6.07, 6.45) is 7.63. The fourth-order valence-electron chi connectivity index (χ4n) is 4.23. The molecule has 0 radical (unpaired) electrons. The Kier molecular flexibility index (Phi) is 1.86. The molecule has 5 atom stereocenters. The van der Waals surface area contributed by atoms with Gasteiger partial charge < -0.3 is 4.74 Å². The van der Waals surface area contributed by atoms with E-state index in [0.29, 0.717) is 6.10 Å². The minimum Gasteiger partial charge on any atom is -0.486 e. The van der Waals surface area contributed by atoms with Crippen molar-refractivity contribution >= 4 is 17.8 Å². The maximum atomic E-state index is 5.53. The zero-order chi connectivity index (χ0) is 8.84. The maximum Gasteiger partial charge on any atom is 0.146 e. The summed E-state index contributed by atoms with van der Waals surface area (Å²) in [5, 5.41) is 0. The molecule has 0 aromatic heterocycles. The third-order valence-corrected chi connectivity index (χ3v) is 4.71. The Hall–Kier alpha value is -0.110. The minimum atomic E-state index is 0.488. The van der Waals surface area contributed by atoms with Gasteiger partial charge in [0.05, 0.1) is 0 Å². The lowest BCUT2D eigenvalue weighted by atomic mass is 9.80. The second-order valence-electron chi connectivity index (χ2n) is 4.92. The topological polar surface area (TPSA) is 9.23 Å². The zero-order valence-electron chi connectivity index (χ0n) is 7.82. The quantitative estimate of drug-likeness (QED) is 0.628. The second-order valence-corrected chi connectivity index (χ2v) is 5.12. The second kappa shape index (κ2) is 2.94. The number of hydrogen-bond donors (Lipinski definition) is 0. The van der Waals surface area contributed by atoms with Gasteiger partial charge in [0.1, 0.15) is 11.7 Å². The summed E-state index contributed by atoms with van der Waals surface area (Å²) in [6.45, 7) is 0. The van der Waals surface area contributed by atoms with Crippen molar-refractivity contribution in [1.82, 2.24) is 0 Å². The Morgan fingerprint density at radius 2 is 1.92 bits per heavy atom. The molecule has 3 aliphatic rings. The van der Waals surface area contributed by atoms with E-state index in [0.717, 1.165) is 23.7 Å². The van der Waals surface area contributed by atoms with Crippen LogP contribution in [0, 0.1) is 23.7 Å². The SMILES string of the molecule is S=COC1CC2CC1C1CCCC21. The fourth-order valence-corrected chi connectivity index (χ4v) is 4.38. The molecule has 0 heterocycles. The van der Waals surface area contributed by atoms with Gasteiger partial charge in [0.15, 0.2) is 0 Å². The van der Waals surface area contributed by atoms with E-state index in [9.17, 15) is 0 Å². The van der Waals surface area contributed by atoms with Gasteiger partial charge in [-0.1, -0.05) is 6.42 Å². The lowest BCUT2D eigenvalue weighted by Crippen LogP contribution is -2.29. The van der Waals surface area contributed by atoms with Gasteiger partial charge in [-0.3, -0.25) is 0 Å². The number of hydrogen-bond acceptors (Lipinski definition) is 2. The van der Waals surface area contributed by atoms with E-state index in [1.165, 1.54) is 37.7 Å². The molecule has 3 rings (SSSR count). The summed E-state index contributed by atoms with van der Waals surface area (Å²) in [5.74, 6) is 3.91. The molecular formula is C11H16OS. The Bertz CT molecular complexity index is 228. The van der Waals surface area contributed by atoms with Crippen molar-refractivity contribution in [2.45, 2.75) is 38.2 Å². The standard InChI is InChI=1S/C11H16OS/c13-6-12-11-5-7-4-10(11)9-3-1-2-8(7)9/h6-11H,1-5H2. The summed E-state index contributed by atoms with van der Waals surface area (Å²) < 4.78 is 5.53. The number of fused-ring (bicyclic) bond motifs is 5. The van der Waals surface area contributed by atoms with Crippen LogP contribution in [-0.2, 0) is 4.74 Å². The lowest BCUT2D eigenvalue weighted by Gasteiger charge is -2.30. The molecule has 5 unspecified atom stereocenters. The highest BCUT2D eigenvalue weighted by atomic mass is 32.1. The first-order valence-electron chi connectivity index (χ1n) is 5.49. The lowest BCUT2D eigenvalue weighted by molar-refractivity contribution is 0.0833. The van der Waals surface area contributed by atoms with Crippen molar-refractivity contribution in [3.8, 4) is 0 Å². The highest BCUT2D eigenvalue weighted by Gasteiger charge is 2.54. The molecule has 2 bridgehead atoms. The molecule has 1 nitrogen and oxygen atoms in total. The van der Waals surface area contributed by atoms with Crippen LogP contribution in [0.2, 0.25) is 0 Å². The molecular weight excluding hydrogens is 180 g/mol. The predicted octanol–water partition coefficient (Wildman–Crippen LogP) is 2.78. The summed E-state index contributed by atoms with van der Waals surface area (Å²) >= 11 is 4.78. The van der Waals surface area contributed by atoms with E-state index >= 15 is 0 Å². The van der Waals surface area contributed by atoms with Crippen LogP contribution >= 0.6 is 12.2 Å². The molecule has 0 aromatic carbocycles. The van der Waals surface area contributed by atoms with Gasteiger partial charge in [-0.15, -0.1) is 0 Å². The Morgan fingerprint density at radius 1 is 1.08 bits per heavy atom. The minimum absolute atomic E-state index is 0.488. The Balaban J connectivity index is 1.77. The first-order chi connectivity index (χ1) is 6.40. The molecule has 3 saturated carbocycles. The van der Waals surface area contributed by atoms with E-state index in [1.807, 2.05) is 0 Å². The van der Waals surface area contributed by atoms with Crippen molar-refractivity contribution in [1.29, 1.82) is 0 Å². The number of ether oxygens (including phenoxy) is 1. The van der Waals surface area contributed by atoms with Gasteiger partial charge in [0, 0.05) is 0 Å². The van der Waals surface area contributed by atoms with Crippen LogP contribution in [0.4, 0.5) is 0 Å². The van der Waals surface area contributed by atoms with Crippen LogP contribution in [0.15, 0.2) is 0 Å². The van der Waals surface area contributed by atoms with Gasteiger partial charge >= 0.3 is 0 Å². The van der Waals surface area contributed by atoms with Gasteiger partial charge in [0.25, 0.3) is 0 Å². The molecule has 0 N–H and O–H groups in total. The van der Waals surface area contributed by atoms with Crippen molar-refractivity contribution in [2.75, 3.05) is 0 Å². The smallest absolute Gasteiger partial charge is 0.146 e. The van der Waals surface area contributed by atoms with E-state index in [1.54, 1.807) is 0 Å². The van der Waals surface area contributed by atoms with E-state index in [2.05, 4.69) is 0 Å². The molecule has 72 valence electrons. The van der Waals surface area contributed by atoms with Crippen LogP contribution in [0.1, 0.15) is 32.1 Å². The molecule has 0 aliphatic heterocycles. The van der Waals surface area contributed by atoms with Crippen LogP contribution < -0.4 is 0 Å². The molecule has 0 amide bonds. The highest BCUT2D eigenvalue weighted by Crippen LogP contribution is 2.59. The molecule has 13 heavy (non-hydrogen) atoms. The monoisotopic (exact) mass is 196 g/mol. The first kappa shape index (κ1) is 8.22. The summed E-state index contributed by atoms with van der Waals surface area (Å²) in [5.41, 5.74) is 1.48. The average Bonchev–Trinajstić information content (AvgIpc) is 2.72. The fraction of sp³-hybridized carbons (Fsp3) is 0.909. The molecule has 0 spiro atoms. The van der Waals surface area contributed by atoms with Gasteiger partial charge in [-0.25, -0.2) is 0 Å². The maximum absolute atomic E-state index is 5.53. The van der Waals surface area contributed by atoms with Crippen molar-refractivity contribution < 1.29 is 4.74 Å². The van der Waals surface area contributed by atoms with Gasteiger partial charge in [0.2, 0.25) is 0 Å². The molecule has 2 heteroatoms. The molecule has 3 fully saturated rings. The molecule has 3 aliphatic carbocycles. The molecule has 0 aromatic rings. The van der Waals surface area contributed by atoms with Crippen molar-refractivity contribution in [3.63, 3.8) is 0 Å². The van der Waals surface area contributed by atoms with Gasteiger partial charge in [-0.2, -0.15) is 0 Å². The van der Waals surface area contributed by atoms with E-state index in [4.69, 9.17) is 17.0 Å². The Labute approximate surface area is 84.8 Å².